The van der Waals surface area contributed by atoms with Crippen molar-refractivity contribution in [1.82, 2.24) is 52.3 Å². The Kier molecular flexibility index (Phi) is 29.2. The standard InChI is InChI=1S/C51H85N13O17/c1-25(2)22-32(60-47(77)34-13-11-21-64(34)51(81)41(27(5)6)62-48(78)35-14-10-20-63(35)50(80)31(16-18-37(66)67)58-42(72)28(7)53)46(76)61-40(26(3)4)49(79)57-29(12-8-9-19-52)44(74)56-30(15-17-36(54)65)45(75)59-33(23-38(68)69)43(73)55-24-39(70)71/h25-35,40-41H,8-24,52-53H2,1-7H3,(H2,54,65)(H,55,73)(H,56,74)(H,57,79)(H,58,72)(H,59,75)(H,60,77)(H,61,76)(H,62,78)(H,66,67)(H,68,69)(H,70,71)/t28-,29-,30-,31-,32-,33-,34-,35-,40-,41-/m0/s1. The van der Waals surface area contributed by atoms with Crippen molar-refractivity contribution in [2.45, 2.75) is 192 Å². The van der Waals surface area contributed by atoms with Crippen LogP contribution in [-0.2, 0) is 67.1 Å². The van der Waals surface area contributed by atoms with Gasteiger partial charge in [-0.1, -0.05) is 41.5 Å². The fourth-order valence-corrected chi connectivity index (χ4v) is 9.13. The number of rotatable bonds is 35. The summed E-state index contributed by atoms with van der Waals surface area (Å²) in [5.41, 5.74) is 16.7. The first kappa shape index (κ1) is 69.6. The normalized spacial score (nSPS) is 18.0. The molecule has 2 heterocycles. The second-order valence-corrected chi connectivity index (χ2v) is 21.5. The summed E-state index contributed by atoms with van der Waals surface area (Å²) < 4.78 is 0. The van der Waals surface area contributed by atoms with E-state index in [1.807, 2.05) is 5.32 Å². The van der Waals surface area contributed by atoms with E-state index in [2.05, 4.69) is 37.2 Å². The third kappa shape index (κ3) is 23.2. The number of hydrogen-bond donors (Lipinski definition) is 14. The number of carboxylic acid groups (broad SMARTS) is 3. The van der Waals surface area contributed by atoms with E-state index >= 15 is 0 Å². The number of carboxylic acids is 3. The Morgan fingerprint density at radius 3 is 1.49 bits per heavy atom. The van der Waals surface area contributed by atoms with Gasteiger partial charge in [0, 0.05) is 25.9 Å². The van der Waals surface area contributed by atoms with Gasteiger partial charge in [0.15, 0.2) is 0 Å². The Balaban J connectivity index is 2.35. The molecule has 0 spiro atoms. The number of carbonyl (C=O) groups is 14. The van der Waals surface area contributed by atoms with Crippen LogP contribution in [-0.4, -0.2) is 195 Å². The van der Waals surface area contributed by atoms with Crippen molar-refractivity contribution in [2.75, 3.05) is 26.2 Å². The van der Waals surface area contributed by atoms with Gasteiger partial charge in [0.05, 0.1) is 12.5 Å². The van der Waals surface area contributed by atoms with Crippen molar-refractivity contribution in [3.63, 3.8) is 0 Å². The zero-order valence-electron chi connectivity index (χ0n) is 47.2. The van der Waals surface area contributed by atoms with Crippen molar-refractivity contribution in [1.29, 1.82) is 0 Å². The van der Waals surface area contributed by atoms with Crippen LogP contribution in [0.15, 0.2) is 0 Å². The van der Waals surface area contributed by atoms with Gasteiger partial charge in [0.1, 0.15) is 60.9 Å². The van der Waals surface area contributed by atoms with Crippen LogP contribution in [0.25, 0.3) is 0 Å². The molecule has 30 nitrogen and oxygen atoms in total. The number of nitrogens with zero attached hydrogens (tertiary/aromatic N) is 2. The van der Waals surface area contributed by atoms with Crippen LogP contribution in [0, 0.1) is 17.8 Å². The Hall–Kier alpha value is -7.50. The molecule has 0 aliphatic carbocycles. The SMILES string of the molecule is CC(C)C[C@H](NC(=O)[C@@H]1CCCN1C(=O)[C@@H](NC(=O)[C@@H]1CCCN1C(=O)[C@H](CCC(=O)O)NC(=O)[C@H](C)N)C(C)C)C(=O)N[C@H](C(=O)N[C@@H](CCCCN)C(=O)N[C@@H](CCC(N)=O)C(=O)N[C@@H](CC(=O)O)C(=O)NCC(=O)O)C(C)C. The van der Waals surface area contributed by atoms with Gasteiger partial charge in [-0.25, -0.2) is 0 Å². The van der Waals surface area contributed by atoms with Gasteiger partial charge in [0.2, 0.25) is 65.0 Å². The van der Waals surface area contributed by atoms with Crippen LogP contribution in [0.4, 0.5) is 0 Å². The minimum atomic E-state index is -1.82. The molecule has 81 heavy (non-hydrogen) atoms. The number of unbranched alkanes of at least 4 members (excludes halogenated alkanes) is 1. The number of aliphatic carboxylic acids is 3. The Morgan fingerprint density at radius 2 is 1.00 bits per heavy atom. The molecular formula is C51H85N13O17. The Labute approximate surface area is 470 Å². The number of amides is 11. The van der Waals surface area contributed by atoms with Crippen molar-refractivity contribution < 1.29 is 82.4 Å². The molecule has 2 fully saturated rings. The summed E-state index contributed by atoms with van der Waals surface area (Å²) in [5.74, 6) is -14.8. The van der Waals surface area contributed by atoms with Crippen LogP contribution in [0.3, 0.4) is 0 Å². The van der Waals surface area contributed by atoms with Gasteiger partial charge < -0.3 is 84.9 Å². The molecule has 0 aromatic carbocycles. The highest BCUT2D eigenvalue weighted by Gasteiger charge is 2.44. The molecular weight excluding hydrogens is 1070 g/mol. The van der Waals surface area contributed by atoms with Crippen LogP contribution < -0.4 is 59.7 Å². The molecule has 2 rings (SSSR count). The zero-order valence-corrected chi connectivity index (χ0v) is 47.2. The van der Waals surface area contributed by atoms with Crippen LogP contribution >= 0.6 is 0 Å². The van der Waals surface area contributed by atoms with Gasteiger partial charge in [-0.2, -0.15) is 0 Å². The molecule has 2 saturated heterocycles. The summed E-state index contributed by atoms with van der Waals surface area (Å²) in [6.07, 6.45) is -0.870. The monoisotopic (exact) mass is 1150 g/mol. The van der Waals surface area contributed by atoms with Crippen molar-refractivity contribution >= 4 is 82.9 Å². The highest BCUT2D eigenvalue weighted by Crippen LogP contribution is 2.24. The van der Waals surface area contributed by atoms with E-state index in [1.54, 1.807) is 41.5 Å². The minimum Gasteiger partial charge on any atom is -0.481 e. The molecule has 456 valence electrons. The first-order valence-corrected chi connectivity index (χ1v) is 27.3. The third-order valence-electron chi connectivity index (χ3n) is 13.5. The molecule has 17 N–H and O–H groups in total. The summed E-state index contributed by atoms with van der Waals surface area (Å²) in [5, 5.41) is 47.5. The number of likely N-dealkylation sites (tertiary alicyclic amines) is 2. The van der Waals surface area contributed by atoms with E-state index in [9.17, 15) is 77.3 Å². The Bertz CT molecular complexity index is 2280. The quantitative estimate of drug-likeness (QED) is 0.0269. The summed E-state index contributed by atoms with van der Waals surface area (Å²) in [6, 6.07) is -13.2. The second kappa shape index (κ2) is 33.9. The highest BCUT2D eigenvalue weighted by atomic mass is 16.4. The van der Waals surface area contributed by atoms with Crippen molar-refractivity contribution in [3.05, 3.63) is 0 Å². The maximum Gasteiger partial charge on any atom is 0.322 e. The predicted molar refractivity (Wildman–Crippen MR) is 287 cm³/mol. The van der Waals surface area contributed by atoms with Crippen LogP contribution in [0.1, 0.15) is 132 Å². The number of hydrogen-bond acceptors (Lipinski definition) is 16. The molecule has 10 atom stereocenters. The maximum absolute atomic E-state index is 14.4. The highest BCUT2D eigenvalue weighted by molar-refractivity contribution is 5.99. The summed E-state index contributed by atoms with van der Waals surface area (Å²) >= 11 is 0. The molecule has 30 heteroatoms. The largest absolute Gasteiger partial charge is 0.481 e. The van der Waals surface area contributed by atoms with E-state index in [-0.39, 0.29) is 64.1 Å². The fourth-order valence-electron chi connectivity index (χ4n) is 9.13. The number of nitrogens with two attached hydrogens (primary N) is 3. The van der Waals surface area contributed by atoms with Crippen molar-refractivity contribution in [3.8, 4) is 0 Å². The lowest BCUT2D eigenvalue weighted by molar-refractivity contribution is -0.145. The summed E-state index contributed by atoms with van der Waals surface area (Å²) in [4.78, 5) is 186. The average Bonchev–Trinajstić information content (AvgIpc) is 4.19. The summed E-state index contributed by atoms with van der Waals surface area (Å²) in [7, 11) is 0. The molecule has 2 aliphatic heterocycles. The summed E-state index contributed by atoms with van der Waals surface area (Å²) in [6.45, 7) is 11.0. The van der Waals surface area contributed by atoms with Crippen LogP contribution in [0.2, 0.25) is 0 Å². The van der Waals surface area contributed by atoms with E-state index in [0.717, 1.165) is 0 Å². The minimum absolute atomic E-state index is 0.0610. The Morgan fingerprint density at radius 1 is 0.506 bits per heavy atom. The predicted octanol–water partition coefficient (Wildman–Crippen LogP) is -4.00. The van der Waals surface area contributed by atoms with Gasteiger partial charge in [-0.05, 0) is 95.4 Å². The lowest BCUT2D eigenvalue weighted by Gasteiger charge is -2.33. The number of primary amides is 1. The molecule has 0 radical (unpaired) electrons. The lowest BCUT2D eigenvalue weighted by atomic mass is 9.98. The maximum atomic E-state index is 14.4. The van der Waals surface area contributed by atoms with E-state index in [4.69, 9.17) is 22.3 Å². The smallest absolute Gasteiger partial charge is 0.322 e. The molecule has 2 aliphatic rings. The van der Waals surface area contributed by atoms with E-state index < -0.39 is 187 Å². The molecule has 0 saturated carbocycles. The van der Waals surface area contributed by atoms with Gasteiger partial charge >= 0.3 is 17.9 Å². The molecule has 0 unspecified atom stereocenters. The molecule has 0 bridgehead atoms. The molecule has 0 aromatic heterocycles. The third-order valence-corrected chi connectivity index (χ3v) is 13.5. The topological polar surface area (TPSA) is 480 Å². The van der Waals surface area contributed by atoms with Gasteiger partial charge in [-0.3, -0.25) is 67.1 Å². The first-order chi connectivity index (χ1) is 37.9. The van der Waals surface area contributed by atoms with Gasteiger partial charge in [-0.15, -0.1) is 0 Å². The zero-order chi connectivity index (χ0) is 61.4. The second-order valence-electron chi connectivity index (χ2n) is 21.5. The van der Waals surface area contributed by atoms with Crippen LogP contribution in [0.5, 0.6) is 0 Å². The van der Waals surface area contributed by atoms with E-state index in [0.29, 0.717) is 19.3 Å². The molecule has 11 amide bonds. The average molecular weight is 1150 g/mol. The first-order valence-electron chi connectivity index (χ1n) is 27.3. The number of nitrogens with one attached hydrogen (secondary N) is 8. The van der Waals surface area contributed by atoms with Gasteiger partial charge in [0.25, 0.3) is 0 Å². The fraction of sp³-hybridized carbons (Fsp3) is 0.725. The van der Waals surface area contributed by atoms with Crippen molar-refractivity contribution in [2.24, 2.45) is 35.0 Å². The number of carbonyl (C=O) groups excluding carboxylic acids is 11. The van der Waals surface area contributed by atoms with E-state index in [1.165, 1.54) is 16.7 Å². The molecule has 0 aromatic rings. The lowest BCUT2D eigenvalue weighted by Crippen LogP contribution is -2.61.